The number of allylic oxidation sites excluding steroid dienone is 3. The molecule has 1 saturated heterocycles. The van der Waals surface area contributed by atoms with Crippen LogP contribution in [0.25, 0.3) is 0 Å². The van der Waals surface area contributed by atoms with E-state index in [0.29, 0.717) is 38.6 Å². The summed E-state index contributed by atoms with van der Waals surface area (Å²) in [6.07, 6.45) is 7.57. The number of morpholine rings is 1. The second kappa shape index (κ2) is 10.9. The molecule has 4 aliphatic rings. The number of nitrogens with zero attached hydrogens (tertiary/aromatic N) is 3. The Labute approximate surface area is 226 Å². The van der Waals surface area contributed by atoms with Crippen LogP contribution in [0.1, 0.15) is 23.1 Å². The highest BCUT2D eigenvalue weighted by atomic mass is 16.5. The lowest BCUT2D eigenvalue weighted by Crippen LogP contribution is -2.42. The van der Waals surface area contributed by atoms with Crippen LogP contribution in [0.15, 0.2) is 71.4 Å². The van der Waals surface area contributed by atoms with Crippen LogP contribution in [0.5, 0.6) is 5.75 Å². The molecule has 0 radical (unpaired) electrons. The van der Waals surface area contributed by atoms with Crippen molar-refractivity contribution in [2.24, 2.45) is 11.0 Å². The SMILES string of the molecule is O=C1NN=C(c2ccc(CC(=O)N3CCc4ccc(OCC(=O)N5CCOCC5)cc43)cc2)C2CC=CC=C12. The Morgan fingerprint density at radius 1 is 1.05 bits per heavy atom. The summed E-state index contributed by atoms with van der Waals surface area (Å²) in [6, 6.07) is 13.5. The van der Waals surface area contributed by atoms with Crippen LogP contribution in [0.4, 0.5) is 5.69 Å². The fourth-order valence-electron chi connectivity index (χ4n) is 5.46. The predicted octanol–water partition coefficient (Wildman–Crippen LogP) is 2.39. The molecule has 3 aliphatic heterocycles. The lowest BCUT2D eigenvalue weighted by molar-refractivity contribution is -0.137. The molecule has 200 valence electrons. The minimum atomic E-state index is -0.154. The molecule has 2 aromatic carbocycles. The summed E-state index contributed by atoms with van der Waals surface area (Å²) in [7, 11) is 0. The van der Waals surface area contributed by atoms with Crippen LogP contribution >= 0.6 is 0 Å². The van der Waals surface area contributed by atoms with Crippen molar-refractivity contribution in [1.82, 2.24) is 10.3 Å². The van der Waals surface area contributed by atoms with Gasteiger partial charge in [0.15, 0.2) is 6.61 Å². The summed E-state index contributed by atoms with van der Waals surface area (Å²) < 4.78 is 11.1. The molecule has 0 aromatic heterocycles. The van der Waals surface area contributed by atoms with Gasteiger partial charge in [-0.1, -0.05) is 48.6 Å². The average Bonchev–Trinajstić information content (AvgIpc) is 3.41. The Hall–Kier alpha value is -4.24. The monoisotopic (exact) mass is 526 g/mol. The molecule has 0 bridgehead atoms. The van der Waals surface area contributed by atoms with E-state index in [0.717, 1.165) is 46.5 Å². The number of amides is 3. The van der Waals surface area contributed by atoms with E-state index in [4.69, 9.17) is 9.47 Å². The van der Waals surface area contributed by atoms with Gasteiger partial charge < -0.3 is 19.3 Å². The van der Waals surface area contributed by atoms with Gasteiger partial charge in [-0.2, -0.15) is 5.10 Å². The van der Waals surface area contributed by atoms with Crippen molar-refractivity contribution in [1.29, 1.82) is 0 Å². The number of carbonyl (C=O) groups is 3. The van der Waals surface area contributed by atoms with E-state index in [-0.39, 0.29) is 36.7 Å². The van der Waals surface area contributed by atoms with Gasteiger partial charge in [-0.3, -0.25) is 14.4 Å². The number of ether oxygens (including phenoxy) is 2. The van der Waals surface area contributed by atoms with Crippen molar-refractivity contribution in [2.45, 2.75) is 19.3 Å². The topological polar surface area (TPSA) is 101 Å². The summed E-state index contributed by atoms with van der Waals surface area (Å²) in [5.74, 6) is 0.305. The summed E-state index contributed by atoms with van der Waals surface area (Å²) in [5.41, 5.74) is 7.92. The van der Waals surface area contributed by atoms with Gasteiger partial charge in [0.25, 0.3) is 11.8 Å². The minimum Gasteiger partial charge on any atom is -0.484 e. The second-order valence-corrected chi connectivity index (χ2v) is 10.0. The molecular formula is C30H30N4O5. The first-order chi connectivity index (χ1) is 19.1. The average molecular weight is 527 g/mol. The van der Waals surface area contributed by atoms with E-state index in [2.05, 4.69) is 10.5 Å². The molecule has 9 heteroatoms. The van der Waals surface area contributed by atoms with Crippen LogP contribution in [0.3, 0.4) is 0 Å². The van der Waals surface area contributed by atoms with Gasteiger partial charge >= 0.3 is 0 Å². The maximum Gasteiger partial charge on any atom is 0.267 e. The zero-order chi connectivity index (χ0) is 26.8. The zero-order valence-electron chi connectivity index (χ0n) is 21.6. The summed E-state index contributed by atoms with van der Waals surface area (Å²) in [5, 5.41) is 4.33. The fraction of sp³-hybridized carbons (Fsp3) is 0.333. The van der Waals surface area contributed by atoms with E-state index in [9.17, 15) is 14.4 Å². The maximum absolute atomic E-state index is 13.3. The third-order valence-corrected chi connectivity index (χ3v) is 7.61. The number of rotatable bonds is 6. The van der Waals surface area contributed by atoms with Crippen molar-refractivity contribution < 1.29 is 23.9 Å². The molecule has 3 heterocycles. The highest BCUT2D eigenvalue weighted by Gasteiger charge is 2.31. The first-order valence-corrected chi connectivity index (χ1v) is 13.3. The summed E-state index contributed by atoms with van der Waals surface area (Å²) in [4.78, 5) is 41.4. The third-order valence-electron chi connectivity index (χ3n) is 7.61. The van der Waals surface area contributed by atoms with Crippen molar-refractivity contribution in [2.75, 3.05) is 44.4 Å². The molecular weight excluding hydrogens is 496 g/mol. The van der Waals surface area contributed by atoms with Gasteiger partial charge in [-0.25, -0.2) is 5.43 Å². The molecule has 2 aromatic rings. The molecule has 39 heavy (non-hydrogen) atoms. The Morgan fingerprint density at radius 3 is 2.69 bits per heavy atom. The zero-order valence-corrected chi connectivity index (χ0v) is 21.6. The largest absolute Gasteiger partial charge is 0.484 e. The fourth-order valence-corrected chi connectivity index (χ4v) is 5.46. The molecule has 0 saturated carbocycles. The number of hydrazone groups is 1. The van der Waals surface area contributed by atoms with E-state index in [1.54, 1.807) is 9.80 Å². The van der Waals surface area contributed by atoms with Gasteiger partial charge in [-0.05, 0) is 35.6 Å². The number of carbonyl (C=O) groups excluding carboxylic acids is 3. The van der Waals surface area contributed by atoms with Crippen molar-refractivity contribution in [3.8, 4) is 5.75 Å². The first-order valence-electron chi connectivity index (χ1n) is 13.3. The summed E-state index contributed by atoms with van der Waals surface area (Å²) >= 11 is 0. The Bertz CT molecular complexity index is 1390. The molecule has 1 unspecified atom stereocenters. The minimum absolute atomic E-state index is 0.00736. The maximum atomic E-state index is 13.3. The molecule has 1 fully saturated rings. The smallest absolute Gasteiger partial charge is 0.267 e. The Kier molecular flexibility index (Phi) is 6.98. The lowest BCUT2D eigenvalue weighted by Gasteiger charge is -2.26. The molecule has 1 N–H and O–H groups in total. The lowest BCUT2D eigenvalue weighted by atomic mass is 9.83. The highest BCUT2D eigenvalue weighted by Crippen LogP contribution is 2.33. The Balaban J connectivity index is 1.10. The number of nitrogens with one attached hydrogen (secondary N) is 1. The van der Waals surface area contributed by atoms with Crippen LogP contribution in [-0.2, 0) is 32.0 Å². The van der Waals surface area contributed by atoms with E-state index in [1.165, 1.54) is 0 Å². The third kappa shape index (κ3) is 5.22. The number of benzene rings is 2. The van der Waals surface area contributed by atoms with Crippen molar-refractivity contribution in [3.63, 3.8) is 0 Å². The summed E-state index contributed by atoms with van der Waals surface area (Å²) in [6.45, 7) is 2.83. The van der Waals surface area contributed by atoms with Crippen LogP contribution in [0.2, 0.25) is 0 Å². The van der Waals surface area contributed by atoms with Crippen molar-refractivity contribution >= 4 is 29.1 Å². The molecule has 1 atom stereocenters. The van der Waals surface area contributed by atoms with Gasteiger partial charge in [0.1, 0.15) is 5.75 Å². The van der Waals surface area contributed by atoms with E-state index < -0.39 is 0 Å². The van der Waals surface area contributed by atoms with Gasteiger partial charge in [-0.15, -0.1) is 0 Å². The standard InChI is InChI=1S/C30H30N4O5/c35-27(17-20-5-7-22(8-6-20)29-24-3-1-2-4-25(24)30(37)32-31-29)34-12-11-21-9-10-23(18-26(21)34)39-19-28(36)33-13-15-38-16-14-33/h1-2,4-10,18,24H,3,11-17,19H2,(H,32,37). The predicted molar refractivity (Wildman–Crippen MR) is 146 cm³/mol. The number of hydrogen-bond donors (Lipinski definition) is 1. The van der Waals surface area contributed by atoms with Gasteiger partial charge in [0, 0.05) is 37.2 Å². The van der Waals surface area contributed by atoms with Crippen LogP contribution < -0.4 is 15.1 Å². The van der Waals surface area contributed by atoms with Crippen LogP contribution in [0, 0.1) is 5.92 Å². The molecule has 6 rings (SSSR count). The van der Waals surface area contributed by atoms with Gasteiger partial charge in [0.2, 0.25) is 5.91 Å². The second-order valence-electron chi connectivity index (χ2n) is 10.0. The normalized spacial score (nSPS) is 20.0. The highest BCUT2D eigenvalue weighted by molar-refractivity contribution is 6.13. The Morgan fingerprint density at radius 2 is 1.87 bits per heavy atom. The molecule has 0 spiro atoms. The number of fused-ring (bicyclic) bond motifs is 2. The molecule has 3 amide bonds. The van der Waals surface area contributed by atoms with Gasteiger partial charge in [0.05, 0.1) is 31.0 Å². The van der Waals surface area contributed by atoms with Crippen molar-refractivity contribution in [3.05, 3.63) is 83.0 Å². The van der Waals surface area contributed by atoms with E-state index >= 15 is 0 Å². The van der Waals surface area contributed by atoms with Crippen LogP contribution in [-0.4, -0.2) is 67.8 Å². The molecule has 1 aliphatic carbocycles. The first kappa shape index (κ1) is 25.1. The number of hydrogen-bond acceptors (Lipinski definition) is 6. The quantitative estimate of drug-likeness (QED) is 0.623. The number of anilines is 1. The molecule has 9 nitrogen and oxygen atoms in total. The van der Waals surface area contributed by atoms with E-state index in [1.807, 2.05) is 60.7 Å².